The van der Waals surface area contributed by atoms with Crippen LogP contribution in [0.4, 0.5) is 6.01 Å². The highest BCUT2D eigenvalue weighted by molar-refractivity contribution is 5.31. The van der Waals surface area contributed by atoms with Gasteiger partial charge in [-0.25, -0.2) is 0 Å². The van der Waals surface area contributed by atoms with E-state index in [0.717, 1.165) is 24.3 Å². The van der Waals surface area contributed by atoms with Crippen molar-refractivity contribution in [3.8, 4) is 0 Å². The van der Waals surface area contributed by atoms with Crippen LogP contribution in [-0.2, 0) is 0 Å². The maximum absolute atomic E-state index is 5.42. The summed E-state index contributed by atoms with van der Waals surface area (Å²) in [5.41, 5.74) is 0. The molecule has 2 atom stereocenters. The lowest BCUT2D eigenvalue weighted by molar-refractivity contribution is 0.327. The lowest BCUT2D eigenvalue weighted by Crippen LogP contribution is -2.34. The van der Waals surface area contributed by atoms with Crippen LogP contribution in [0.5, 0.6) is 0 Å². The standard InChI is InChI=1S/C13H21N3O/c1-9(2)12-14-13(17-15-12)16-8-7-10-5-3-4-6-11(10)16/h9-11H,3-8H2,1-2H3. The Hall–Kier alpha value is -1.06. The molecule has 2 heterocycles. The van der Waals surface area contributed by atoms with Gasteiger partial charge < -0.3 is 9.42 Å². The Morgan fingerprint density at radius 3 is 2.82 bits per heavy atom. The van der Waals surface area contributed by atoms with Gasteiger partial charge in [-0.05, 0) is 25.2 Å². The van der Waals surface area contributed by atoms with E-state index in [-0.39, 0.29) is 0 Å². The smallest absolute Gasteiger partial charge is 0.321 e. The fourth-order valence-corrected chi connectivity index (χ4v) is 3.22. The normalized spacial score (nSPS) is 28.8. The first-order valence-electron chi connectivity index (χ1n) is 6.86. The first kappa shape index (κ1) is 11.1. The van der Waals surface area contributed by atoms with Crippen molar-refractivity contribution in [3.63, 3.8) is 0 Å². The highest BCUT2D eigenvalue weighted by Gasteiger charge is 2.38. The van der Waals surface area contributed by atoms with Crippen molar-refractivity contribution >= 4 is 6.01 Å². The average Bonchev–Trinajstić information content (AvgIpc) is 2.95. The van der Waals surface area contributed by atoms with E-state index in [9.17, 15) is 0 Å². The maximum atomic E-state index is 5.42. The molecule has 0 spiro atoms. The van der Waals surface area contributed by atoms with Crippen LogP contribution in [0.15, 0.2) is 4.52 Å². The molecular formula is C13H21N3O. The second-order valence-corrected chi connectivity index (χ2v) is 5.68. The third kappa shape index (κ3) is 1.94. The van der Waals surface area contributed by atoms with Gasteiger partial charge in [-0.3, -0.25) is 0 Å². The van der Waals surface area contributed by atoms with Gasteiger partial charge in [0.2, 0.25) is 0 Å². The van der Waals surface area contributed by atoms with E-state index in [1.807, 2.05) is 0 Å². The molecule has 3 rings (SSSR count). The van der Waals surface area contributed by atoms with E-state index in [1.165, 1.54) is 32.1 Å². The van der Waals surface area contributed by atoms with Crippen LogP contribution in [0.1, 0.15) is 57.7 Å². The summed E-state index contributed by atoms with van der Waals surface area (Å²) in [4.78, 5) is 6.88. The van der Waals surface area contributed by atoms with Crippen LogP contribution in [0.2, 0.25) is 0 Å². The van der Waals surface area contributed by atoms with Crippen LogP contribution >= 0.6 is 0 Å². The summed E-state index contributed by atoms with van der Waals surface area (Å²) in [7, 11) is 0. The molecule has 17 heavy (non-hydrogen) atoms. The van der Waals surface area contributed by atoms with Crippen molar-refractivity contribution in [2.75, 3.05) is 11.4 Å². The van der Waals surface area contributed by atoms with Crippen molar-refractivity contribution in [2.24, 2.45) is 5.92 Å². The Morgan fingerprint density at radius 1 is 1.24 bits per heavy atom. The number of rotatable bonds is 2. The fourth-order valence-electron chi connectivity index (χ4n) is 3.22. The molecular weight excluding hydrogens is 214 g/mol. The summed E-state index contributed by atoms with van der Waals surface area (Å²) in [6.45, 7) is 5.29. The molecule has 2 unspecified atom stereocenters. The minimum Gasteiger partial charge on any atom is -0.321 e. The van der Waals surface area contributed by atoms with E-state index < -0.39 is 0 Å². The van der Waals surface area contributed by atoms with Crippen molar-refractivity contribution < 1.29 is 4.52 Å². The van der Waals surface area contributed by atoms with Crippen LogP contribution in [0.3, 0.4) is 0 Å². The van der Waals surface area contributed by atoms with Crippen molar-refractivity contribution in [3.05, 3.63) is 5.82 Å². The predicted octanol–water partition coefficient (Wildman–Crippen LogP) is 2.96. The molecule has 4 nitrogen and oxygen atoms in total. The lowest BCUT2D eigenvalue weighted by Gasteiger charge is -2.30. The van der Waals surface area contributed by atoms with E-state index in [2.05, 4.69) is 28.9 Å². The molecule has 2 fully saturated rings. The summed E-state index contributed by atoms with van der Waals surface area (Å²) >= 11 is 0. The molecule has 4 heteroatoms. The van der Waals surface area contributed by atoms with Gasteiger partial charge in [0.05, 0.1) is 0 Å². The maximum Gasteiger partial charge on any atom is 0.324 e. The summed E-state index contributed by atoms with van der Waals surface area (Å²) in [5.74, 6) is 2.04. The first-order chi connectivity index (χ1) is 8.25. The minimum atomic E-state index is 0.345. The molecule has 1 aliphatic heterocycles. The summed E-state index contributed by atoms with van der Waals surface area (Å²) in [5, 5.41) is 4.07. The molecule has 0 bridgehead atoms. The number of fused-ring (bicyclic) bond motifs is 1. The predicted molar refractivity (Wildman–Crippen MR) is 66.1 cm³/mol. The van der Waals surface area contributed by atoms with Crippen molar-refractivity contribution in [2.45, 2.75) is 57.9 Å². The van der Waals surface area contributed by atoms with Crippen molar-refractivity contribution in [1.82, 2.24) is 10.1 Å². The fraction of sp³-hybridized carbons (Fsp3) is 0.846. The molecule has 94 valence electrons. The Bertz CT molecular complexity index is 388. The van der Waals surface area contributed by atoms with Gasteiger partial charge in [0, 0.05) is 18.5 Å². The second kappa shape index (κ2) is 4.31. The van der Waals surface area contributed by atoms with E-state index in [1.54, 1.807) is 0 Å². The highest BCUT2D eigenvalue weighted by Crippen LogP contribution is 2.38. The number of hydrogen-bond donors (Lipinski definition) is 0. The third-order valence-electron chi connectivity index (χ3n) is 4.20. The quantitative estimate of drug-likeness (QED) is 0.790. The van der Waals surface area contributed by atoms with E-state index >= 15 is 0 Å². The Morgan fingerprint density at radius 2 is 2.06 bits per heavy atom. The topological polar surface area (TPSA) is 42.2 Å². The first-order valence-corrected chi connectivity index (χ1v) is 6.86. The minimum absolute atomic E-state index is 0.345. The number of aromatic nitrogens is 2. The SMILES string of the molecule is CC(C)c1noc(N2CCC3CCCCC32)n1. The van der Waals surface area contributed by atoms with Gasteiger partial charge in [0.15, 0.2) is 5.82 Å². The third-order valence-corrected chi connectivity index (χ3v) is 4.20. The molecule has 1 saturated heterocycles. The van der Waals surface area contributed by atoms with Crippen LogP contribution < -0.4 is 4.90 Å². The van der Waals surface area contributed by atoms with Gasteiger partial charge >= 0.3 is 6.01 Å². The van der Waals surface area contributed by atoms with Crippen molar-refractivity contribution in [1.29, 1.82) is 0 Å². The number of nitrogens with zero attached hydrogens (tertiary/aromatic N) is 3. The Kier molecular flexibility index (Phi) is 2.81. The summed E-state index contributed by atoms with van der Waals surface area (Å²) in [6, 6.07) is 1.41. The lowest BCUT2D eigenvalue weighted by atomic mass is 9.85. The average molecular weight is 235 g/mol. The zero-order valence-corrected chi connectivity index (χ0v) is 10.7. The molecule has 1 saturated carbocycles. The second-order valence-electron chi connectivity index (χ2n) is 5.68. The molecule has 1 aromatic rings. The van der Waals surface area contributed by atoms with Gasteiger partial charge in [-0.1, -0.05) is 31.8 Å². The molecule has 1 aliphatic carbocycles. The zero-order valence-electron chi connectivity index (χ0n) is 10.7. The summed E-state index contributed by atoms with van der Waals surface area (Å²) in [6.07, 6.45) is 6.72. The number of hydrogen-bond acceptors (Lipinski definition) is 4. The van der Waals surface area contributed by atoms with Crippen LogP contribution in [0.25, 0.3) is 0 Å². The van der Waals surface area contributed by atoms with Gasteiger partial charge in [-0.2, -0.15) is 4.98 Å². The Labute approximate surface area is 102 Å². The van der Waals surface area contributed by atoms with Gasteiger partial charge in [0.1, 0.15) is 0 Å². The van der Waals surface area contributed by atoms with Crippen LogP contribution in [0, 0.1) is 5.92 Å². The molecule has 1 aromatic heterocycles. The Balaban J connectivity index is 1.79. The van der Waals surface area contributed by atoms with Gasteiger partial charge in [0.25, 0.3) is 0 Å². The van der Waals surface area contributed by atoms with Gasteiger partial charge in [-0.15, -0.1) is 0 Å². The summed E-state index contributed by atoms with van der Waals surface area (Å²) < 4.78 is 5.42. The monoisotopic (exact) mass is 235 g/mol. The number of anilines is 1. The molecule has 0 N–H and O–H groups in total. The molecule has 0 amide bonds. The zero-order chi connectivity index (χ0) is 11.8. The van der Waals surface area contributed by atoms with E-state index in [4.69, 9.17) is 4.52 Å². The van der Waals surface area contributed by atoms with Crippen LogP contribution in [-0.4, -0.2) is 22.7 Å². The molecule has 0 radical (unpaired) electrons. The molecule has 2 aliphatic rings. The highest BCUT2D eigenvalue weighted by atomic mass is 16.5. The van der Waals surface area contributed by atoms with E-state index in [0.29, 0.717) is 12.0 Å². The molecule has 0 aromatic carbocycles. The largest absolute Gasteiger partial charge is 0.324 e.